The van der Waals surface area contributed by atoms with Gasteiger partial charge in [0.25, 0.3) is 0 Å². The minimum Gasteiger partial charge on any atom is -0.383 e. The lowest BCUT2D eigenvalue weighted by Crippen LogP contribution is -2.20. The minimum atomic E-state index is -0.257. The van der Waals surface area contributed by atoms with Gasteiger partial charge in [0.15, 0.2) is 0 Å². The van der Waals surface area contributed by atoms with Crippen LogP contribution in [-0.2, 0) is 11.3 Å². The van der Waals surface area contributed by atoms with E-state index in [9.17, 15) is 4.39 Å². The van der Waals surface area contributed by atoms with Crippen molar-refractivity contribution in [2.75, 3.05) is 19.5 Å². The maximum atomic E-state index is 12.9. The van der Waals surface area contributed by atoms with Crippen LogP contribution in [-0.4, -0.2) is 29.3 Å². The summed E-state index contributed by atoms with van der Waals surface area (Å²) in [5.74, 6) is 0.383. The van der Waals surface area contributed by atoms with Crippen molar-refractivity contribution < 1.29 is 9.13 Å². The topological polar surface area (TPSA) is 53.1 Å². The highest BCUT2D eigenvalue weighted by Crippen LogP contribution is 2.27. The second-order valence-electron chi connectivity index (χ2n) is 4.47. The van der Waals surface area contributed by atoms with Crippen molar-refractivity contribution in [2.24, 2.45) is 5.73 Å². The maximum absolute atomic E-state index is 12.9. The summed E-state index contributed by atoms with van der Waals surface area (Å²) in [6.07, 6.45) is 1.59. The fourth-order valence-corrected chi connectivity index (χ4v) is 3.03. The van der Waals surface area contributed by atoms with Gasteiger partial charge in [-0.2, -0.15) is 5.10 Å². The number of hydrogen-bond acceptors (Lipinski definition) is 4. The number of hydrogen-bond donors (Lipinski definition) is 1. The second-order valence-corrected chi connectivity index (χ2v) is 5.97. The SMILES string of the molecule is COCCn1ncc(Cl)c1C(N)CSc1ccc(F)cc1. The fraction of sp³-hybridized carbons (Fsp3) is 0.357. The molecule has 0 aliphatic rings. The molecule has 0 bridgehead atoms. The first-order valence-corrected chi connectivity index (χ1v) is 7.82. The smallest absolute Gasteiger partial charge is 0.123 e. The van der Waals surface area contributed by atoms with Crippen molar-refractivity contribution in [3.8, 4) is 0 Å². The Morgan fingerprint density at radius 3 is 2.81 bits per heavy atom. The molecule has 0 saturated heterocycles. The molecule has 0 aliphatic heterocycles. The third-order valence-corrected chi connectivity index (χ3v) is 4.36. The quantitative estimate of drug-likeness (QED) is 0.793. The molecule has 0 fully saturated rings. The number of benzene rings is 1. The van der Waals surface area contributed by atoms with E-state index in [1.807, 2.05) is 0 Å². The summed E-state index contributed by atoms with van der Waals surface area (Å²) >= 11 is 7.71. The predicted molar refractivity (Wildman–Crippen MR) is 83.2 cm³/mol. The fourth-order valence-electron chi connectivity index (χ4n) is 1.89. The lowest BCUT2D eigenvalue weighted by molar-refractivity contribution is 0.182. The second kappa shape index (κ2) is 7.79. The summed E-state index contributed by atoms with van der Waals surface area (Å²) in [6, 6.07) is 6.08. The Labute approximate surface area is 132 Å². The number of aromatic nitrogens is 2. The van der Waals surface area contributed by atoms with Gasteiger partial charge < -0.3 is 10.5 Å². The van der Waals surface area contributed by atoms with Crippen molar-refractivity contribution in [1.82, 2.24) is 9.78 Å². The Hall–Kier alpha value is -1.08. The van der Waals surface area contributed by atoms with E-state index in [1.54, 1.807) is 41.9 Å². The van der Waals surface area contributed by atoms with Crippen LogP contribution >= 0.6 is 23.4 Å². The first-order chi connectivity index (χ1) is 10.1. The average molecular weight is 330 g/mol. The number of thioether (sulfide) groups is 1. The van der Waals surface area contributed by atoms with Crippen LogP contribution in [0.1, 0.15) is 11.7 Å². The molecule has 0 radical (unpaired) electrons. The third-order valence-electron chi connectivity index (χ3n) is 2.93. The molecule has 114 valence electrons. The Bertz CT molecular complexity index is 576. The first kappa shape index (κ1) is 16.3. The summed E-state index contributed by atoms with van der Waals surface area (Å²) in [5, 5.41) is 4.76. The summed E-state index contributed by atoms with van der Waals surface area (Å²) in [4.78, 5) is 0.964. The third kappa shape index (κ3) is 4.44. The molecule has 0 aliphatic carbocycles. The van der Waals surface area contributed by atoms with Crippen molar-refractivity contribution >= 4 is 23.4 Å². The van der Waals surface area contributed by atoms with Crippen LogP contribution in [0, 0.1) is 5.82 Å². The molecule has 1 heterocycles. The molecule has 2 aromatic rings. The highest BCUT2D eigenvalue weighted by molar-refractivity contribution is 7.99. The Balaban J connectivity index is 2.01. The lowest BCUT2D eigenvalue weighted by Gasteiger charge is -2.14. The van der Waals surface area contributed by atoms with E-state index in [0.717, 1.165) is 10.6 Å². The zero-order valence-electron chi connectivity index (χ0n) is 11.6. The van der Waals surface area contributed by atoms with Crippen molar-refractivity contribution in [2.45, 2.75) is 17.5 Å². The van der Waals surface area contributed by atoms with Gasteiger partial charge >= 0.3 is 0 Å². The molecule has 2 rings (SSSR count). The molecule has 0 amide bonds. The Morgan fingerprint density at radius 1 is 1.43 bits per heavy atom. The van der Waals surface area contributed by atoms with Crippen LogP contribution in [0.15, 0.2) is 35.4 Å². The number of methoxy groups -OCH3 is 1. The number of halogens is 2. The van der Waals surface area contributed by atoms with Gasteiger partial charge in [0.1, 0.15) is 5.82 Å². The van der Waals surface area contributed by atoms with Gasteiger partial charge in [0.2, 0.25) is 0 Å². The molecule has 1 unspecified atom stereocenters. The van der Waals surface area contributed by atoms with Gasteiger partial charge in [0.05, 0.1) is 36.1 Å². The van der Waals surface area contributed by atoms with Crippen molar-refractivity contribution in [3.05, 3.63) is 47.0 Å². The largest absolute Gasteiger partial charge is 0.383 e. The molecule has 7 heteroatoms. The number of rotatable bonds is 7. The van der Waals surface area contributed by atoms with Gasteiger partial charge in [-0.1, -0.05) is 11.6 Å². The van der Waals surface area contributed by atoms with E-state index in [0.29, 0.717) is 23.9 Å². The monoisotopic (exact) mass is 329 g/mol. The van der Waals surface area contributed by atoms with E-state index in [2.05, 4.69) is 5.10 Å². The summed E-state index contributed by atoms with van der Waals surface area (Å²) < 4.78 is 19.7. The zero-order valence-corrected chi connectivity index (χ0v) is 13.2. The van der Waals surface area contributed by atoms with Gasteiger partial charge in [-0.15, -0.1) is 11.8 Å². The van der Waals surface area contributed by atoms with Crippen molar-refractivity contribution in [3.63, 3.8) is 0 Å². The first-order valence-electron chi connectivity index (χ1n) is 6.46. The normalized spacial score (nSPS) is 12.6. The predicted octanol–water partition coefficient (Wildman–Crippen LogP) is 3.11. The summed E-state index contributed by atoms with van der Waals surface area (Å²) in [6.45, 7) is 1.15. The van der Waals surface area contributed by atoms with E-state index >= 15 is 0 Å². The van der Waals surface area contributed by atoms with Crippen LogP contribution in [0.5, 0.6) is 0 Å². The number of nitrogens with zero attached hydrogens (tertiary/aromatic N) is 2. The zero-order chi connectivity index (χ0) is 15.2. The van der Waals surface area contributed by atoms with Crippen LogP contribution in [0.25, 0.3) is 0 Å². The van der Waals surface area contributed by atoms with Gasteiger partial charge in [0, 0.05) is 17.8 Å². The highest BCUT2D eigenvalue weighted by Gasteiger charge is 2.17. The van der Waals surface area contributed by atoms with Crippen LogP contribution in [0.2, 0.25) is 5.02 Å². The van der Waals surface area contributed by atoms with Crippen LogP contribution < -0.4 is 5.73 Å². The van der Waals surface area contributed by atoms with Crippen molar-refractivity contribution in [1.29, 1.82) is 0 Å². The molecule has 4 nitrogen and oxygen atoms in total. The molecule has 1 atom stereocenters. The molecular formula is C14H17ClFN3OS. The summed E-state index contributed by atoms with van der Waals surface area (Å²) in [5.41, 5.74) is 7.00. The molecule has 21 heavy (non-hydrogen) atoms. The maximum Gasteiger partial charge on any atom is 0.123 e. The average Bonchev–Trinajstić information content (AvgIpc) is 2.85. The van der Waals surface area contributed by atoms with Crippen LogP contribution in [0.4, 0.5) is 4.39 Å². The number of ether oxygens (including phenoxy) is 1. The molecule has 0 saturated carbocycles. The van der Waals surface area contributed by atoms with E-state index in [-0.39, 0.29) is 11.9 Å². The molecule has 1 aromatic heterocycles. The number of nitrogens with two attached hydrogens (primary N) is 1. The molecule has 2 N–H and O–H groups in total. The van der Waals surface area contributed by atoms with E-state index < -0.39 is 0 Å². The molecule has 1 aromatic carbocycles. The molecular weight excluding hydrogens is 313 g/mol. The van der Waals surface area contributed by atoms with Gasteiger partial charge in [-0.3, -0.25) is 4.68 Å². The lowest BCUT2D eigenvalue weighted by atomic mass is 10.2. The minimum absolute atomic E-state index is 0.246. The standard InChI is InChI=1S/C14H17ClFN3OS/c1-20-7-6-19-14(12(15)8-18-19)13(17)9-21-11-4-2-10(16)3-5-11/h2-5,8,13H,6-7,9,17H2,1H3. The van der Waals surface area contributed by atoms with Crippen LogP contribution in [0.3, 0.4) is 0 Å². The Morgan fingerprint density at radius 2 is 2.14 bits per heavy atom. The van der Waals surface area contributed by atoms with Gasteiger partial charge in [-0.05, 0) is 24.3 Å². The Kier molecular flexibility index (Phi) is 6.05. The highest BCUT2D eigenvalue weighted by atomic mass is 35.5. The van der Waals surface area contributed by atoms with E-state index in [4.69, 9.17) is 22.1 Å². The van der Waals surface area contributed by atoms with Gasteiger partial charge in [-0.25, -0.2) is 4.39 Å². The van der Waals surface area contributed by atoms with E-state index in [1.165, 1.54) is 12.1 Å². The molecule has 0 spiro atoms. The summed E-state index contributed by atoms with van der Waals surface area (Å²) in [7, 11) is 1.63.